The largest absolute Gasteiger partial charge is 0.301 e. The quantitative estimate of drug-likeness (QED) is 0.586. The molecule has 0 radical (unpaired) electrons. The maximum absolute atomic E-state index is 12.4. The van der Waals surface area contributed by atoms with Crippen LogP contribution in [-0.4, -0.2) is 9.38 Å². The van der Waals surface area contributed by atoms with Crippen molar-refractivity contribution in [3.8, 4) is 0 Å². The summed E-state index contributed by atoms with van der Waals surface area (Å²) in [6, 6.07) is 22.3. The summed E-state index contributed by atoms with van der Waals surface area (Å²) >= 11 is 1.49. The number of thiazole rings is 1. The van der Waals surface area contributed by atoms with E-state index in [4.69, 9.17) is 0 Å². The molecule has 130 valence electrons. The molecule has 2 heterocycles. The van der Waals surface area contributed by atoms with E-state index in [0.29, 0.717) is 6.54 Å². The van der Waals surface area contributed by atoms with E-state index in [1.165, 1.54) is 22.5 Å². The van der Waals surface area contributed by atoms with Crippen LogP contribution in [0.15, 0.2) is 76.9 Å². The van der Waals surface area contributed by atoms with Gasteiger partial charge in [-0.2, -0.15) is 0 Å². The predicted molar refractivity (Wildman–Crippen MR) is 106 cm³/mol. The minimum Gasteiger partial charge on any atom is -0.301 e. The molecule has 0 saturated carbocycles. The molecule has 0 aliphatic carbocycles. The fourth-order valence-corrected chi connectivity index (χ4v) is 4.01. The Morgan fingerprint density at radius 3 is 2.27 bits per heavy atom. The van der Waals surface area contributed by atoms with Crippen molar-refractivity contribution in [1.82, 2.24) is 14.7 Å². The lowest BCUT2D eigenvalue weighted by atomic mass is 9.99. The normalized spacial score (nSPS) is 11.3. The van der Waals surface area contributed by atoms with Crippen molar-refractivity contribution in [2.24, 2.45) is 0 Å². The van der Waals surface area contributed by atoms with Gasteiger partial charge in [-0.3, -0.25) is 9.20 Å². The van der Waals surface area contributed by atoms with E-state index in [1.54, 1.807) is 10.5 Å². The highest BCUT2D eigenvalue weighted by Crippen LogP contribution is 2.22. The monoisotopic (exact) mass is 361 g/mol. The van der Waals surface area contributed by atoms with Crippen LogP contribution in [-0.2, 0) is 6.54 Å². The molecule has 0 amide bonds. The van der Waals surface area contributed by atoms with Crippen LogP contribution >= 0.6 is 11.3 Å². The Morgan fingerprint density at radius 1 is 1.04 bits per heavy atom. The highest BCUT2D eigenvalue weighted by atomic mass is 32.1. The number of hydrogen-bond acceptors (Lipinski definition) is 4. The zero-order valence-corrected chi connectivity index (χ0v) is 15.2. The Balaban J connectivity index is 1.64. The summed E-state index contributed by atoms with van der Waals surface area (Å²) in [5.41, 5.74) is 4.02. The molecule has 0 bridgehead atoms. The van der Waals surface area contributed by atoms with Crippen molar-refractivity contribution in [2.45, 2.75) is 19.5 Å². The molecule has 0 aliphatic heterocycles. The molecule has 4 nitrogen and oxygen atoms in total. The van der Waals surface area contributed by atoms with Crippen LogP contribution < -0.4 is 10.9 Å². The molecule has 0 atom stereocenters. The Bertz CT molecular complexity index is 1030. The van der Waals surface area contributed by atoms with Crippen LogP contribution in [0.25, 0.3) is 4.96 Å². The molecule has 0 aliphatic rings. The summed E-state index contributed by atoms with van der Waals surface area (Å²) < 4.78 is 1.65. The van der Waals surface area contributed by atoms with Gasteiger partial charge in [0.15, 0.2) is 4.96 Å². The van der Waals surface area contributed by atoms with Crippen molar-refractivity contribution < 1.29 is 0 Å². The predicted octanol–water partition coefficient (Wildman–Crippen LogP) is 3.94. The Hall–Kier alpha value is -2.76. The highest BCUT2D eigenvalue weighted by molar-refractivity contribution is 7.15. The van der Waals surface area contributed by atoms with E-state index >= 15 is 0 Å². The van der Waals surface area contributed by atoms with E-state index in [1.807, 2.05) is 48.7 Å². The SMILES string of the molecule is Cc1csc2nc(CNC(c3ccccc3)c3ccccc3)cc(=O)n12. The zero-order chi connectivity index (χ0) is 17.9. The van der Waals surface area contributed by atoms with Crippen LogP contribution in [0, 0.1) is 6.92 Å². The lowest BCUT2D eigenvalue weighted by molar-refractivity contribution is 0.596. The van der Waals surface area contributed by atoms with Crippen molar-refractivity contribution in [3.05, 3.63) is 105 Å². The molecule has 0 unspecified atom stereocenters. The zero-order valence-electron chi connectivity index (χ0n) is 14.4. The topological polar surface area (TPSA) is 46.4 Å². The third-order valence-electron chi connectivity index (χ3n) is 4.38. The number of nitrogens with one attached hydrogen (secondary N) is 1. The Kier molecular flexibility index (Phi) is 4.65. The number of benzene rings is 2. The van der Waals surface area contributed by atoms with Crippen LogP contribution in [0.3, 0.4) is 0 Å². The van der Waals surface area contributed by atoms with E-state index < -0.39 is 0 Å². The molecule has 2 aromatic carbocycles. The van der Waals surface area contributed by atoms with Crippen LogP contribution in [0.4, 0.5) is 0 Å². The number of aryl methyl sites for hydroxylation is 1. The summed E-state index contributed by atoms with van der Waals surface area (Å²) in [6.45, 7) is 2.45. The van der Waals surface area contributed by atoms with Crippen molar-refractivity contribution in [2.75, 3.05) is 0 Å². The number of fused-ring (bicyclic) bond motifs is 1. The number of rotatable bonds is 5. The average molecular weight is 361 g/mol. The minimum atomic E-state index is -0.0264. The molecule has 26 heavy (non-hydrogen) atoms. The van der Waals surface area contributed by atoms with E-state index in [0.717, 1.165) is 16.3 Å². The van der Waals surface area contributed by atoms with Crippen LogP contribution in [0.5, 0.6) is 0 Å². The van der Waals surface area contributed by atoms with Gasteiger partial charge in [0.05, 0.1) is 11.7 Å². The van der Waals surface area contributed by atoms with Crippen LogP contribution in [0.2, 0.25) is 0 Å². The molecule has 0 saturated heterocycles. The maximum Gasteiger partial charge on any atom is 0.259 e. The first kappa shape index (κ1) is 16.7. The van der Waals surface area contributed by atoms with Gasteiger partial charge in [-0.25, -0.2) is 4.98 Å². The highest BCUT2D eigenvalue weighted by Gasteiger charge is 2.14. The first-order valence-electron chi connectivity index (χ1n) is 8.52. The molecule has 1 N–H and O–H groups in total. The van der Waals surface area contributed by atoms with E-state index in [-0.39, 0.29) is 11.6 Å². The summed E-state index contributed by atoms with van der Waals surface area (Å²) in [6.07, 6.45) is 0. The molecule has 4 rings (SSSR count). The van der Waals surface area contributed by atoms with Gasteiger partial charge in [-0.05, 0) is 18.1 Å². The molecular weight excluding hydrogens is 342 g/mol. The van der Waals surface area contributed by atoms with E-state index in [9.17, 15) is 4.79 Å². The summed E-state index contributed by atoms with van der Waals surface area (Å²) in [5, 5.41) is 5.52. The lowest BCUT2D eigenvalue weighted by Crippen LogP contribution is -2.24. The Morgan fingerprint density at radius 2 is 1.65 bits per heavy atom. The standard InChI is InChI=1S/C21H19N3OS/c1-15-14-26-21-23-18(12-19(25)24(15)21)13-22-20(16-8-4-2-5-9-16)17-10-6-3-7-11-17/h2-12,14,20,22H,13H2,1H3. The smallest absolute Gasteiger partial charge is 0.259 e. The van der Waals surface area contributed by atoms with Crippen molar-refractivity contribution >= 4 is 16.3 Å². The van der Waals surface area contributed by atoms with Crippen LogP contribution in [0.1, 0.15) is 28.6 Å². The van der Waals surface area contributed by atoms with Gasteiger partial charge in [0.2, 0.25) is 0 Å². The molecule has 2 aromatic heterocycles. The fourth-order valence-electron chi connectivity index (χ4n) is 3.12. The average Bonchev–Trinajstić information content (AvgIpc) is 3.05. The van der Waals surface area contributed by atoms with E-state index in [2.05, 4.69) is 34.6 Å². The molecular formula is C21H19N3OS. The number of hydrogen-bond donors (Lipinski definition) is 1. The fraction of sp³-hybridized carbons (Fsp3) is 0.143. The van der Waals surface area contributed by atoms with Gasteiger partial charge in [-0.1, -0.05) is 60.7 Å². The number of nitrogens with zero attached hydrogens (tertiary/aromatic N) is 2. The Labute approximate surface area is 155 Å². The summed E-state index contributed by atoms with van der Waals surface area (Å²) in [7, 11) is 0. The van der Waals surface area contributed by atoms with Gasteiger partial charge in [0.1, 0.15) is 0 Å². The second-order valence-electron chi connectivity index (χ2n) is 6.22. The molecule has 4 aromatic rings. The molecule has 5 heteroatoms. The van der Waals surface area contributed by atoms with Gasteiger partial charge < -0.3 is 5.32 Å². The maximum atomic E-state index is 12.4. The lowest BCUT2D eigenvalue weighted by Gasteiger charge is -2.19. The van der Waals surface area contributed by atoms with Gasteiger partial charge in [-0.15, -0.1) is 11.3 Å². The molecule has 0 fully saturated rings. The second-order valence-corrected chi connectivity index (χ2v) is 7.05. The summed E-state index contributed by atoms with van der Waals surface area (Å²) in [4.78, 5) is 17.7. The van der Waals surface area contributed by atoms with Gasteiger partial charge in [0.25, 0.3) is 5.56 Å². The first-order chi connectivity index (χ1) is 12.7. The van der Waals surface area contributed by atoms with Gasteiger partial charge >= 0.3 is 0 Å². The minimum absolute atomic E-state index is 0.0264. The third kappa shape index (κ3) is 3.31. The molecule has 0 spiro atoms. The first-order valence-corrected chi connectivity index (χ1v) is 9.40. The second kappa shape index (κ2) is 7.23. The summed E-state index contributed by atoms with van der Waals surface area (Å²) in [5.74, 6) is 0. The van der Waals surface area contributed by atoms with Crippen molar-refractivity contribution in [1.29, 1.82) is 0 Å². The third-order valence-corrected chi connectivity index (χ3v) is 5.33. The van der Waals surface area contributed by atoms with Gasteiger partial charge in [0, 0.05) is 23.7 Å². The van der Waals surface area contributed by atoms with Crippen molar-refractivity contribution in [3.63, 3.8) is 0 Å². The number of aromatic nitrogens is 2.